The molecule has 0 bridgehead atoms. The highest BCUT2D eigenvalue weighted by molar-refractivity contribution is 6.29. The fourth-order valence-corrected chi connectivity index (χ4v) is 19.1. The van der Waals surface area contributed by atoms with Crippen molar-refractivity contribution < 1.29 is 0 Å². The lowest BCUT2D eigenvalue weighted by Crippen LogP contribution is -2.15. The molecule has 0 nitrogen and oxygen atoms in total. The molecule has 0 fully saturated rings. The minimum atomic E-state index is -0.142. The van der Waals surface area contributed by atoms with Crippen molar-refractivity contribution in [1.82, 2.24) is 0 Å². The summed E-state index contributed by atoms with van der Waals surface area (Å²) in [5, 5.41) is 32.1. The molecule has 2 aliphatic carbocycles. The van der Waals surface area contributed by atoms with E-state index in [0.29, 0.717) is 0 Å². The van der Waals surface area contributed by atoms with Crippen LogP contribution in [0.5, 0.6) is 0 Å². The maximum atomic E-state index is 2.49. The van der Waals surface area contributed by atoms with E-state index < -0.39 is 0 Å². The Morgan fingerprint density at radius 1 is 0.186 bits per heavy atom. The van der Waals surface area contributed by atoms with Gasteiger partial charge >= 0.3 is 0 Å². The van der Waals surface area contributed by atoms with Gasteiger partial charge in [-0.1, -0.05) is 324 Å². The number of benzene rings is 20. The lowest BCUT2D eigenvalue weighted by Gasteiger charge is -2.24. The van der Waals surface area contributed by atoms with E-state index in [4.69, 9.17) is 0 Å². The second-order valence-corrected chi connectivity index (χ2v) is 33.1. The normalized spacial score (nSPS) is 14.1. The Morgan fingerprint density at radius 2 is 0.382 bits per heavy atom. The Bertz CT molecular complexity index is 6500. The first-order chi connectivity index (χ1) is 49.3. The van der Waals surface area contributed by atoms with Crippen LogP contribution in [0.15, 0.2) is 279 Å². The topological polar surface area (TPSA) is 0 Å². The van der Waals surface area contributed by atoms with E-state index in [1.165, 1.54) is 229 Å². The quantitative estimate of drug-likeness (QED) is 0.154. The summed E-state index contributed by atoms with van der Waals surface area (Å²) in [6.45, 7) is 23.5. The van der Waals surface area contributed by atoms with Gasteiger partial charge in [-0.05, 0) is 265 Å². The van der Waals surface area contributed by atoms with Gasteiger partial charge in [0.25, 0.3) is 0 Å². The van der Waals surface area contributed by atoms with Crippen molar-refractivity contribution >= 4 is 129 Å². The van der Waals surface area contributed by atoms with Gasteiger partial charge in [0, 0.05) is 10.8 Å². The van der Waals surface area contributed by atoms with Gasteiger partial charge in [0.15, 0.2) is 0 Å². The summed E-state index contributed by atoms with van der Waals surface area (Å²) < 4.78 is 0. The minimum absolute atomic E-state index is 0.101. The van der Waals surface area contributed by atoms with Crippen molar-refractivity contribution in [3.63, 3.8) is 0 Å². The zero-order valence-electron chi connectivity index (χ0n) is 59.6. The van der Waals surface area contributed by atoms with Gasteiger partial charge in [-0.25, -0.2) is 0 Å². The second-order valence-electron chi connectivity index (χ2n) is 33.1. The Kier molecular flexibility index (Phi) is 12.0. The average molecular weight is 1300 g/mol. The van der Waals surface area contributed by atoms with Gasteiger partial charge in [0.2, 0.25) is 0 Å². The third kappa shape index (κ3) is 8.38. The monoisotopic (exact) mass is 1300 g/mol. The molecule has 0 aromatic heterocycles. The smallest absolute Gasteiger partial charge is 0.0159 e. The van der Waals surface area contributed by atoms with E-state index in [9.17, 15) is 0 Å². The van der Waals surface area contributed by atoms with Crippen LogP contribution in [0.2, 0.25) is 0 Å². The third-order valence-corrected chi connectivity index (χ3v) is 24.6. The average Bonchev–Trinajstić information content (AvgIpc) is 0.781. The molecular formula is C102H76. The molecule has 0 atom stereocenters. The molecule has 0 spiro atoms. The first-order valence-electron chi connectivity index (χ1n) is 36.7. The summed E-state index contributed by atoms with van der Waals surface area (Å²) >= 11 is 0. The van der Waals surface area contributed by atoms with E-state index in [1.54, 1.807) is 0 Å². The maximum absolute atomic E-state index is 2.49. The van der Waals surface area contributed by atoms with Crippen molar-refractivity contribution in [2.45, 2.75) is 90.9 Å². The largest absolute Gasteiger partial charge is 0.0610 e. The molecule has 22 rings (SSSR count). The molecular weight excluding hydrogens is 1230 g/mol. The van der Waals surface area contributed by atoms with Gasteiger partial charge < -0.3 is 0 Å². The van der Waals surface area contributed by atoms with Crippen LogP contribution in [0.4, 0.5) is 0 Å². The lowest BCUT2D eigenvalue weighted by atomic mass is 9.80. The number of rotatable bonds is 4. The molecule has 0 saturated carbocycles. The van der Waals surface area contributed by atoms with Crippen LogP contribution in [0, 0.1) is 0 Å². The van der Waals surface area contributed by atoms with E-state index >= 15 is 0 Å². The molecule has 102 heavy (non-hydrogen) atoms. The van der Waals surface area contributed by atoms with Crippen molar-refractivity contribution in [2.75, 3.05) is 0 Å². The number of hydrogen-bond acceptors (Lipinski definition) is 0. The molecule has 0 radical (unpaired) electrons. The maximum Gasteiger partial charge on any atom is 0.0159 e. The number of hydrogen-bond donors (Lipinski definition) is 0. The summed E-state index contributed by atoms with van der Waals surface area (Å²) in [7, 11) is 0. The van der Waals surface area contributed by atoms with E-state index in [0.717, 1.165) is 0 Å². The summed E-state index contributed by atoms with van der Waals surface area (Å²) in [5.74, 6) is 0. The highest BCUT2D eigenvalue weighted by Gasteiger charge is 2.38. The Labute approximate surface area is 595 Å². The molecule has 0 heterocycles. The van der Waals surface area contributed by atoms with Crippen LogP contribution < -0.4 is 0 Å². The van der Waals surface area contributed by atoms with E-state index in [-0.39, 0.29) is 21.7 Å². The number of fused-ring (bicyclic) bond motifs is 6. The first kappa shape index (κ1) is 59.4. The van der Waals surface area contributed by atoms with Crippen LogP contribution in [0.3, 0.4) is 0 Å². The summed E-state index contributed by atoms with van der Waals surface area (Å²) in [5.41, 5.74) is 24.1. The summed E-state index contributed by atoms with van der Waals surface area (Å²) in [6, 6.07) is 107. The van der Waals surface area contributed by atoms with Crippen molar-refractivity contribution in [2.24, 2.45) is 0 Å². The van der Waals surface area contributed by atoms with Gasteiger partial charge in [0.1, 0.15) is 0 Å². The second kappa shape index (κ2) is 20.6. The molecule has 20 aromatic carbocycles. The van der Waals surface area contributed by atoms with Gasteiger partial charge in [-0.3, -0.25) is 0 Å². The summed E-state index contributed by atoms with van der Waals surface area (Å²) in [6.07, 6.45) is 0. The highest BCUT2D eigenvalue weighted by Crippen LogP contribution is 2.55. The van der Waals surface area contributed by atoms with E-state index in [1.807, 2.05) is 0 Å². The van der Waals surface area contributed by atoms with Crippen LogP contribution in [-0.2, 0) is 21.7 Å². The van der Waals surface area contributed by atoms with Gasteiger partial charge in [-0.15, -0.1) is 0 Å². The Morgan fingerprint density at radius 3 is 0.637 bits per heavy atom. The summed E-state index contributed by atoms with van der Waals surface area (Å²) in [4.78, 5) is 0. The van der Waals surface area contributed by atoms with Crippen molar-refractivity contribution in [3.05, 3.63) is 312 Å². The standard InChI is InChI=1S/C55H46.C47H30/c1-53(2,3)39-25-35-11-9-31-13-19-41(45-23-17-37(27-39)49(35)51(31)45)33-15-21-43-44-22-16-34(30-48(44)55(7,8)47(43)29-33)42-20-14-32-10-12-36-26-40(54(4,5)6)28-38-18-24-46(42)52(32)50(36)38;1-47(2)41-25-33(35-19-13-31-11-9-27-5-3-7-29-15-23-39(35)45(31)43(27)29)17-21-37(41)38-22-18-34(26-42(38)47)36-20-14-32-12-10-28-6-4-8-30-16-24-40(36)46(32)44(28)30/h9-30H,1-8H3;3-26H,1-2H3. The Balaban J connectivity index is 0.000000134. The molecule has 0 unspecified atom stereocenters. The molecule has 0 amide bonds. The van der Waals surface area contributed by atoms with Gasteiger partial charge in [-0.2, -0.15) is 0 Å². The fraction of sp³-hybridized carbons (Fsp3) is 0.137. The lowest BCUT2D eigenvalue weighted by molar-refractivity contribution is 0.591. The minimum Gasteiger partial charge on any atom is -0.0610 e. The van der Waals surface area contributed by atoms with Crippen molar-refractivity contribution in [3.8, 4) is 66.8 Å². The van der Waals surface area contributed by atoms with Crippen LogP contribution in [0.1, 0.15) is 103 Å². The molecule has 0 aliphatic heterocycles. The van der Waals surface area contributed by atoms with Crippen LogP contribution in [-0.4, -0.2) is 0 Å². The molecule has 484 valence electrons. The highest BCUT2D eigenvalue weighted by atomic mass is 14.4. The third-order valence-electron chi connectivity index (χ3n) is 24.6. The predicted octanol–water partition coefficient (Wildman–Crippen LogP) is 28.8. The molecule has 20 aromatic rings. The zero-order chi connectivity index (χ0) is 68.8. The Hall–Kier alpha value is -11.4. The predicted molar refractivity (Wildman–Crippen MR) is 442 cm³/mol. The van der Waals surface area contributed by atoms with E-state index in [2.05, 4.69) is 348 Å². The fourth-order valence-electron chi connectivity index (χ4n) is 19.1. The molecule has 0 N–H and O–H groups in total. The molecule has 0 heteroatoms. The van der Waals surface area contributed by atoms with Crippen LogP contribution in [0.25, 0.3) is 196 Å². The van der Waals surface area contributed by atoms with Gasteiger partial charge in [0.05, 0.1) is 0 Å². The molecule has 0 saturated heterocycles. The zero-order valence-corrected chi connectivity index (χ0v) is 59.6. The first-order valence-corrected chi connectivity index (χ1v) is 36.7. The SMILES string of the molecule is CC(C)(C)c1cc2ccc3ccc(-c4ccc5c(c4)C(C)(C)c4cc(-c6ccc7ccc8cc(C(C)(C)C)cc9ccc6c7c89)ccc4-5)c4ccc(c1)c2c34.CC1(C)c2cc(-c3ccc4ccc5cccc6ccc3c4c56)ccc2-c2ccc(-c3ccc4ccc5cccc6ccc3c4c56)cc21. The van der Waals surface area contributed by atoms with Crippen molar-refractivity contribution in [1.29, 1.82) is 0 Å². The molecule has 2 aliphatic rings. The van der Waals surface area contributed by atoms with Crippen LogP contribution >= 0.6 is 0 Å².